The topological polar surface area (TPSA) is 250 Å². The molecule has 7 amide bonds. The number of hydrogen-bond acceptors (Lipinski definition) is 12. The number of thioether (sulfide) groups is 2. The third kappa shape index (κ3) is 54.8. The van der Waals surface area contributed by atoms with E-state index in [9.17, 15) is 42.9 Å². The fraction of sp³-hybridized carbons (Fsp3) is 0.798. The summed E-state index contributed by atoms with van der Waals surface area (Å²) in [7, 11) is -2.32. The van der Waals surface area contributed by atoms with E-state index in [1.807, 2.05) is 34.6 Å². The van der Waals surface area contributed by atoms with Gasteiger partial charge in [0.05, 0.1) is 37.0 Å². The summed E-state index contributed by atoms with van der Waals surface area (Å²) >= 11 is 3.09. The lowest BCUT2D eigenvalue weighted by Crippen LogP contribution is -2.48. The first kappa shape index (κ1) is 111. The van der Waals surface area contributed by atoms with Gasteiger partial charge in [0.15, 0.2) is 11.5 Å². The molecule has 7 aliphatic rings. The highest BCUT2D eigenvalue weighted by molar-refractivity contribution is 8.05. The van der Waals surface area contributed by atoms with Crippen LogP contribution in [-0.4, -0.2) is 90.0 Å². The highest BCUT2D eigenvalue weighted by Crippen LogP contribution is 2.45. The molecule has 0 aromatic heterocycles. The first-order valence-corrected chi connectivity index (χ1v) is 42.9. The van der Waals surface area contributed by atoms with Crippen molar-refractivity contribution < 1.29 is 47.6 Å². The minimum Gasteiger partial charge on any atom is -0.463 e. The van der Waals surface area contributed by atoms with Crippen molar-refractivity contribution in [1.82, 2.24) is 36.6 Å². The van der Waals surface area contributed by atoms with Gasteiger partial charge < -0.3 is 36.4 Å². The van der Waals surface area contributed by atoms with E-state index in [1.54, 1.807) is 30.4 Å². The van der Waals surface area contributed by atoms with Crippen molar-refractivity contribution in [2.45, 2.75) is 374 Å². The Bertz CT molecular complexity index is 2900. The van der Waals surface area contributed by atoms with Crippen LogP contribution in [0, 0.1) is 71.4 Å². The lowest BCUT2D eigenvalue weighted by Gasteiger charge is -2.36. The van der Waals surface area contributed by atoms with Crippen LogP contribution in [0.3, 0.4) is 0 Å². The van der Waals surface area contributed by atoms with E-state index in [1.165, 1.54) is 19.3 Å². The lowest BCUT2D eigenvalue weighted by molar-refractivity contribution is -0.132. The largest absolute Gasteiger partial charge is 0.463 e. The maximum absolute atomic E-state index is 11.6. The summed E-state index contributed by atoms with van der Waals surface area (Å²) in [6, 6.07) is 0. The Labute approximate surface area is 678 Å². The number of carbonyl (C=O) groups excluding carboxylic acids is 7. The Morgan fingerprint density at radius 2 is 0.936 bits per heavy atom. The lowest BCUT2D eigenvalue weighted by atomic mass is 9.74. The summed E-state index contributed by atoms with van der Waals surface area (Å²) in [5.74, 6) is 4.61. The molecule has 109 heavy (non-hydrogen) atoms. The van der Waals surface area contributed by atoms with Crippen molar-refractivity contribution in [2.24, 2.45) is 71.4 Å². The van der Waals surface area contributed by atoms with E-state index in [2.05, 4.69) is 283 Å². The maximum Gasteiger partial charge on any atom is 0.270 e. The van der Waals surface area contributed by atoms with Gasteiger partial charge in [0.25, 0.3) is 5.91 Å². The van der Waals surface area contributed by atoms with Gasteiger partial charge in [0, 0.05) is 58.6 Å². The van der Waals surface area contributed by atoms with Crippen LogP contribution in [0.5, 0.6) is 0 Å². The van der Waals surface area contributed by atoms with Gasteiger partial charge in [0.1, 0.15) is 0 Å². The molecule has 0 aromatic carbocycles. The molecule has 0 radical (unpaired) electrons. The molecule has 8 N–H and O–H groups in total. The maximum atomic E-state index is 11.6. The van der Waals surface area contributed by atoms with Crippen LogP contribution in [0.2, 0.25) is 0 Å². The molecule has 7 fully saturated rings. The summed E-state index contributed by atoms with van der Waals surface area (Å²) in [4.78, 5) is 80.0. The van der Waals surface area contributed by atoms with E-state index in [0.717, 1.165) is 85.7 Å². The van der Waals surface area contributed by atoms with E-state index < -0.39 is 20.9 Å². The van der Waals surface area contributed by atoms with Crippen molar-refractivity contribution in [3.63, 3.8) is 0 Å². The van der Waals surface area contributed by atoms with E-state index in [4.69, 9.17) is 4.74 Å². The van der Waals surface area contributed by atoms with Gasteiger partial charge in [-0.1, -0.05) is 312 Å². The molecule has 7 rings (SSSR count). The number of hydrogen-bond donors (Lipinski definition) is 8. The van der Waals surface area contributed by atoms with Crippen LogP contribution < -0.4 is 36.6 Å². The molecule has 6 aliphatic heterocycles. The van der Waals surface area contributed by atoms with Gasteiger partial charge in [-0.2, -0.15) is 0 Å². The normalized spacial score (nSPS) is 24.4. The molecule has 6 saturated heterocycles. The van der Waals surface area contributed by atoms with Crippen LogP contribution in [0.15, 0.2) is 60.2 Å². The summed E-state index contributed by atoms with van der Waals surface area (Å²) in [5, 5.41) is 27.8. The Kier molecular flexibility index (Phi) is 44.5. The first-order chi connectivity index (χ1) is 47.6. The average Bonchev–Trinajstić information content (AvgIpc) is 1.75. The van der Waals surface area contributed by atoms with E-state index in [-0.39, 0.29) is 114 Å². The fourth-order valence-corrected chi connectivity index (χ4v) is 15.8. The van der Waals surface area contributed by atoms with Crippen molar-refractivity contribution in [3.8, 4) is 0 Å². The minimum absolute atomic E-state index is 0. The molecule has 17 nitrogen and oxygen atoms in total. The molecule has 0 aromatic rings. The number of aliphatic hydroxyl groups is 1. The molecule has 7 unspecified atom stereocenters. The monoisotopic (exact) mass is 1590 g/mol. The number of amides is 7. The highest BCUT2D eigenvalue weighted by Gasteiger charge is 2.46. The number of carbonyl (C=O) groups is 7. The molecule has 1 saturated carbocycles. The van der Waals surface area contributed by atoms with Gasteiger partial charge in [0.2, 0.25) is 35.4 Å². The van der Waals surface area contributed by atoms with Crippen LogP contribution in [0.1, 0.15) is 353 Å². The highest BCUT2D eigenvalue weighted by atomic mass is 32.2. The average molecular weight is 1590 g/mol. The Morgan fingerprint density at radius 3 is 1.20 bits per heavy atom. The van der Waals surface area contributed by atoms with Crippen LogP contribution in [0.4, 0.5) is 0 Å². The SMILES string of the molecule is C.C=C1CC(C)(CC(C)(C)C)C(=O)N1.C=C1CC(CC(C)(C)C)C(=O)N1.C=C1NC(=O)C(C)(CC(C)(C)C)O1.C=C1NC(=O)C(C)(CC(C)(C)C)S1.C=C1NC(=O)C(CC(C)(C)C)S1.C=S1(=O)CC(CC(C)(C)C)C(=O)N1.CC(C)(C)CC(=O)NCC1(O)CCC1.CCC(C)(C)C.CCC(C)(C)C.CCC(C)(C)C. The molecular weight excluding hydrogens is 1420 g/mol. The standard InChI is InChI=1S/C11H21NO2.C11H19NO.C10H17NO2.C10H17NOS.C10H17NO.C9H17NO2S.C9H15NOS.3C6H14.CH4/c1-10(2,3)7-9(13)12-8-11(14)5-4-6-11;1-8-6-11(5,9(13)12-8)7-10(2,3)4;2*1-7-11-8(12)10(5,13-7)6-9(2,3)4;1-7-5-8(9(12)11-7)6-10(2,3)4;1-9(2,3)5-7-6-13(4,12)10-8(7)11;1-6-10-8(11)7(12-6)5-9(2,3)4;3*1-5-6(2,3)4;/h14H,4-8H2,1-3H3,(H,12,13);1,6-7H2,2-5H3,(H,12,13);2*1,6H2,2-5H3,(H,11,12);8H,1,5-6H2,2-4H3,(H,11,12);7H,4-6H2,1-3H3,(H,10,11,12);7H,1,5H2,2-4H3,(H,10,11);3*5H2,1-4H3;1H4. The van der Waals surface area contributed by atoms with Crippen LogP contribution in [-0.2, 0) is 48.0 Å². The molecule has 20 heteroatoms. The Hall–Kier alpha value is -4.53. The minimum atomic E-state index is -2.32. The number of rotatable bonds is 9. The van der Waals surface area contributed by atoms with Gasteiger partial charge in [-0.25, -0.2) is 4.21 Å². The van der Waals surface area contributed by atoms with E-state index >= 15 is 0 Å². The predicted octanol–water partition coefficient (Wildman–Crippen LogP) is 21.2. The molecule has 7 atom stereocenters. The molecular formula is C89H169N7O10S3. The third-order valence-electron chi connectivity index (χ3n) is 17.7. The van der Waals surface area contributed by atoms with Crippen molar-refractivity contribution in [3.05, 3.63) is 60.2 Å². The third-order valence-corrected chi connectivity index (χ3v) is 21.4. The number of allylic oxidation sites excluding steroid dienone is 2. The second-order valence-corrected chi connectivity index (χ2v) is 48.8. The smallest absolute Gasteiger partial charge is 0.270 e. The van der Waals surface area contributed by atoms with Gasteiger partial charge in [-0.05, 0) is 138 Å². The second-order valence-electron chi connectivity index (χ2n) is 43.7. The fourth-order valence-electron chi connectivity index (χ4n) is 11.6. The Balaban J connectivity index is -0.000000568. The van der Waals surface area contributed by atoms with Crippen molar-refractivity contribution in [1.29, 1.82) is 0 Å². The number of ether oxygens (including phenoxy) is 1. The molecule has 0 spiro atoms. The first-order valence-electron chi connectivity index (χ1n) is 39.3. The zero-order chi connectivity index (χ0) is 86.3. The van der Waals surface area contributed by atoms with Gasteiger partial charge in [-0.3, -0.25) is 43.6 Å². The summed E-state index contributed by atoms with van der Waals surface area (Å²) in [6.07, 6.45) is 13.7. The van der Waals surface area contributed by atoms with Crippen molar-refractivity contribution in [2.75, 3.05) is 12.3 Å². The van der Waals surface area contributed by atoms with E-state index in [0.29, 0.717) is 47.3 Å². The molecule has 638 valence electrons. The Morgan fingerprint density at radius 1 is 0.514 bits per heavy atom. The molecule has 6 heterocycles. The zero-order valence-electron chi connectivity index (χ0n) is 75.8. The predicted molar refractivity (Wildman–Crippen MR) is 472 cm³/mol. The van der Waals surface area contributed by atoms with Gasteiger partial charge in [-0.15, -0.1) is 0 Å². The summed E-state index contributed by atoms with van der Waals surface area (Å²) in [5.41, 5.74) is 2.75. The second kappa shape index (κ2) is 43.8. The molecule has 1 aliphatic carbocycles. The summed E-state index contributed by atoms with van der Waals surface area (Å²) in [6.45, 7) is 96.0. The number of nitrogens with one attached hydrogen (secondary N) is 7. The quantitative estimate of drug-likeness (QED) is 0.100. The van der Waals surface area contributed by atoms with Crippen LogP contribution in [0.25, 0.3) is 0 Å². The molecule has 0 bridgehead atoms. The van der Waals surface area contributed by atoms with Crippen molar-refractivity contribution >= 4 is 80.5 Å². The van der Waals surface area contributed by atoms with Crippen LogP contribution >= 0.6 is 23.5 Å². The zero-order valence-corrected chi connectivity index (χ0v) is 78.3. The van der Waals surface area contributed by atoms with Gasteiger partial charge >= 0.3 is 0 Å². The summed E-state index contributed by atoms with van der Waals surface area (Å²) < 4.78 is 19.0.